The van der Waals surface area contributed by atoms with E-state index < -0.39 is 106 Å². The van der Waals surface area contributed by atoms with Gasteiger partial charge in [0.25, 0.3) is 47.5 Å². The summed E-state index contributed by atoms with van der Waals surface area (Å²) in [5.41, 5.74) is 21.4. The Balaban J connectivity index is 0.859. The minimum atomic E-state index is -5.37. The van der Waals surface area contributed by atoms with E-state index in [0.29, 0.717) is 36.3 Å². The first-order valence-corrected chi connectivity index (χ1v) is 29.9. The normalized spacial score (nSPS) is 16.9. The van der Waals surface area contributed by atoms with Crippen LogP contribution in [0.15, 0.2) is 106 Å². The van der Waals surface area contributed by atoms with Gasteiger partial charge in [0.2, 0.25) is 0 Å². The molecular formula is C54H64N16O16S3+2. The van der Waals surface area contributed by atoms with Gasteiger partial charge in [-0.3, -0.25) is 29.8 Å². The lowest BCUT2D eigenvalue weighted by atomic mass is 9.84. The van der Waals surface area contributed by atoms with Crippen LogP contribution in [0.3, 0.4) is 0 Å². The number of β-lactam (4-membered cyclic amide) rings is 2. The van der Waals surface area contributed by atoms with Crippen molar-refractivity contribution in [2.45, 2.75) is 63.1 Å². The van der Waals surface area contributed by atoms with Gasteiger partial charge in [0.1, 0.15) is 48.2 Å². The van der Waals surface area contributed by atoms with E-state index in [-0.39, 0.29) is 33.1 Å². The number of thiazole rings is 2. The van der Waals surface area contributed by atoms with Gasteiger partial charge < -0.3 is 62.9 Å². The fourth-order valence-corrected chi connectivity index (χ4v) is 10.7. The third-order valence-electron chi connectivity index (χ3n) is 13.6. The number of hydroxylamine groups is 4. The van der Waals surface area contributed by atoms with Crippen molar-refractivity contribution in [2.24, 2.45) is 35.9 Å². The third kappa shape index (κ3) is 15.4. The van der Waals surface area contributed by atoms with Gasteiger partial charge in [-0.1, -0.05) is 34.6 Å². The summed E-state index contributed by atoms with van der Waals surface area (Å²) in [6.45, 7) is 6.21. The molecule has 2 aliphatic heterocycles. The number of aryl methyl sites for hydroxylation is 2. The highest BCUT2D eigenvalue weighted by Gasteiger charge is 2.61. The standard InChI is InChI=1S/C54H62N16O16S3/c1-53(2)43(63-45(71)41(35-27-87-51(57)61-35)65-83-37(49(75)76)25-81-33-13-7-29(8-14-33)31-11-17-39(59-21-19-55)67(5)23-31)47(73)69(53)85-89(79,80)86-70-48(74)44(54(70,3)4)64-46(72)42(36-28-88-52(58)62-36)66-84-38(50(77)78)26-82-34-15-9-30(10-16-34)32-12-18-40(60-22-20-56)68(6)24-32/h7-18,23-24,27-28,37-38,43-44H,19-22,25-26,55-56H2,1-6H3,(H8,57,58,61,62,63,64,71,72,75,76,77,78)/p+2/b65-41-,66-42-/t37-,38-,43+,44+/m0/s1. The second-order valence-electron chi connectivity index (χ2n) is 20.8. The SMILES string of the molecule is C[n+]1cc(-c2ccc(OC[C@H](O/N=C(\C(=O)N[C@@H]3C(=O)N(OS(=O)(=O)ON4C(=O)[C@@H](NC(=O)/C(=N\O[C@@H](COc5ccc(-c6ccc(NCCN)[n+](C)c6)cc5)C(=O)O)c5csc(N)n5)C4(C)C)C3(C)C)c3csc(N)n3)C(=O)O)cc2)ccc1NCCN. The topological polar surface area (TPSA) is 449 Å². The molecular weight excluding hydrogens is 1220 g/mol. The van der Waals surface area contributed by atoms with Crippen LogP contribution >= 0.6 is 22.7 Å². The second-order valence-corrected chi connectivity index (χ2v) is 23.7. The Morgan fingerprint density at radius 2 is 0.989 bits per heavy atom. The van der Waals surface area contributed by atoms with Crippen LogP contribution in [-0.4, -0.2) is 160 Å². The van der Waals surface area contributed by atoms with Gasteiger partial charge >= 0.3 is 22.3 Å². The number of benzene rings is 2. The molecule has 6 heterocycles. The second kappa shape index (κ2) is 27.6. The van der Waals surface area contributed by atoms with E-state index in [9.17, 15) is 47.4 Å². The first kappa shape index (κ1) is 65.3. The molecule has 0 spiro atoms. The molecule has 2 saturated heterocycles. The maximum Gasteiger partial charge on any atom is 0.442 e. The first-order chi connectivity index (χ1) is 42.2. The molecule has 14 N–H and O–H groups in total. The number of pyridine rings is 2. The number of carbonyl (C=O) groups excluding carboxylic acids is 4. The van der Waals surface area contributed by atoms with Gasteiger partial charge in [-0.2, -0.15) is 18.5 Å². The predicted octanol–water partition coefficient (Wildman–Crippen LogP) is 0.0134. The molecule has 2 aromatic carbocycles. The van der Waals surface area contributed by atoms with Crippen LogP contribution < -0.4 is 62.8 Å². The van der Waals surface area contributed by atoms with Gasteiger partial charge in [0.05, 0.1) is 50.7 Å². The van der Waals surface area contributed by atoms with Gasteiger partial charge in [-0.25, -0.2) is 28.7 Å². The third-order valence-corrected chi connectivity index (χ3v) is 15.6. The fourth-order valence-electron chi connectivity index (χ4n) is 8.73. The number of anilines is 4. The van der Waals surface area contributed by atoms with Crippen molar-refractivity contribution in [3.63, 3.8) is 0 Å². The summed E-state index contributed by atoms with van der Waals surface area (Å²) in [5, 5.41) is 42.2. The van der Waals surface area contributed by atoms with Crippen molar-refractivity contribution >= 4 is 102 Å². The molecule has 89 heavy (non-hydrogen) atoms. The van der Waals surface area contributed by atoms with Gasteiger partial charge in [0, 0.05) is 47.1 Å². The Morgan fingerprint density at radius 3 is 1.29 bits per heavy atom. The summed E-state index contributed by atoms with van der Waals surface area (Å²) in [6, 6.07) is 18.2. The molecule has 0 radical (unpaired) electrons. The van der Waals surface area contributed by atoms with Crippen molar-refractivity contribution in [3.8, 4) is 33.8 Å². The van der Waals surface area contributed by atoms with E-state index >= 15 is 0 Å². The van der Waals surface area contributed by atoms with Crippen LogP contribution in [0, 0.1) is 0 Å². The van der Waals surface area contributed by atoms with Crippen LogP contribution in [0.5, 0.6) is 11.5 Å². The number of oxime groups is 2. The number of ether oxygens (including phenoxy) is 2. The van der Waals surface area contributed by atoms with Gasteiger partial charge in [0.15, 0.2) is 21.7 Å². The number of rotatable bonds is 30. The first-order valence-electron chi connectivity index (χ1n) is 26.8. The summed E-state index contributed by atoms with van der Waals surface area (Å²) in [6.07, 6.45) is 0.269. The zero-order chi connectivity index (χ0) is 64.5. The molecule has 35 heteroatoms. The number of carboxylic acids is 2. The lowest BCUT2D eigenvalue weighted by Crippen LogP contribution is -2.78. The van der Waals surface area contributed by atoms with E-state index in [1.54, 1.807) is 48.5 Å². The largest absolute Gasteiger partial charge is 0.489 e. The van der Waals surface area contributed by atoms with Crippen molar-refractivity contribution in [1.29, 1.82) is 0 Å². The minimum Gasteiger partial charge on any atom is -0.489 e. The lowest BCUT2D eigenvalue weighted by molar-refractivity contribution is -0.656. The van der Waals surface area contributed by atoms with E-state index in [2.05, 4.69) is 41.5 Å². The van der Waals surface area contributed by atoms with Crippen LogP contribution in [-0.2, 0) is 71.5 Å². The Hall–Kier alpha value is -9.65. The van der Waals surface area contributed by atoms with Crippen molar-refractivity contribution in [1.82, 2.24) is 30.7 Å². The zero-order valence-electron chi connectivity index (χ0n) is 48.5. The molecule has 8 rings (SSSR count). The minimum absolute atomic E-state index is 0.0139. The summed E-state index contributed by atoms with van der Waals surface area (Å²) < 4.78 is 52.2. The number of carboxylic acid groups (broad SMARTS) is 2. The number of amides is 4. The molecule has 0 bridgehead atoms. The maximum atomic E-state index is 13.9. The Morgan fingerprint density at radius 1 is 0.629 bits per heavy atom. The summed E-state index contributed by atoms with van der Waals surface area (Å²) in [4.78, 5) is 98.4. The number of hydrogen-bond acceptors (Lipinski definition) is 26. The smallest absolute Gasteiger partial charge is 0.442 e. The van der Waals surface area contributed by atoms with Crippen LogP contribution in [0.2, 0.25) is 0 Å². The number of carbonyl (C=O) groups is 6. The summed E-state index contributed by atoms with van der Waals surface area (Å²) in [5.74, 6) is -5.26. The average molecular weight is 1290 g/mol. The summed E-state index contributed by atoms with van der Waals surface area (Å²) in [7, 11) is -1.61. The van der Waals surface area contributed by atoms with E-state index in [1.807, 2.05) is 59.9 Å². The van der Waals surface area contributed by atoms with Crippen molar-refractivity contribution in [3.05, 3.63) is 107 Å². The highest BCUT2D eigenvalue weighted by molar-refractivity contribution is 7.81. The molecule has 0 aliphatic carbocycles. The number of nitrogen functional groups attached to an aromatic ring is 2. The number of hydrogen-bond donors (Lipinski definition) is 10. The Bertz CT molecular complexity index is 3570. The Labute approximate surface area is 516 Å². The number of aliphatic carboxylic acids is 2. The lowest BCUT2D eigenvalue weighted by Gasteiger charge is -2.52. The molecule has 6 aromatic rings. The molecule has 0 unspecified atom stereocenters. The number of nitrogens with zero attached hydrogens (tertiary/aromatic N) is 8. The Kier molecular flexibility index (Phi) is 20.3. The summed E-state index contributed by atoms with van der Waals surface area (Å²) >= 11 is 1.81. The van der Waals surface area contributed by atoms with Crippen LogP contribution in [0.25, 0.3) is 22.3 Å². The van der Waals surface area contributed by atoms with Gasteiger partial charge in [-0.05, 0) is 75.2 Å². The van der Waals surface area contributed by atoms with Crippen molar-refractivity contribution < 1.29 is 84.2 Å². The van der Waals surface area contributed by atoms with Crippen molar-refractivity contribution in [2.75, 3.05) is 61.5 Å². The molecule has 4 atom stereocenters. The maximum absolute atomic E-state index is 13.9. The number of aromatic nitrogens is 4. The quantitative estimate of drug-likeness (QED) is 0.0123. The molecule has 32 nitrogen and oxygen atoms in total. The highest BCUT2D eigenvalue weighted by atomic mass is 32.3. The van der Waals surface area contributed by atoms with E-state index in [4.69, 9.17) is 50.7 Å². The van der Waals surface area contributed by atoms with E-state index in [0.717, 1.165) is 56.6 Å². The predicted molar refractivity (Wildman–Crippen MR) is 320 cm³/mol. The molecule has 0 saturated carbocycles. The molecule has 4 amide bonds. The fraction of sp³-hybridized carbons (Fsp3) is 0.333. The van der Waals surface area contributed by atoms with Crippen LogP contribution in [0.1, 0.15) is 39.1 Å². The molecule has 2 fully saturated rings. The van der Waals surface area contributed by atoms with E-state index in [1.165, 1.54) is 38.5 Å². The highest BCUT2D eigenvalue weighted by Crippen LogP contribution is 2.37. The molecule has 472 valence electrons. The molecule has 4 aromatic heterocycles. The molecule has 2 aliphatic rings. The van der Waals surface area contributed by atoms with Crippen LogP contribution in [0.4, 0.5) is 21.9 Å². The number of nitrogens with one attached hydrogen (secondary N) is 4. The number of nitrogens with two attached hydrogens (primary N) is 4. The van der Waals surface area contributed by atoms with Gasteiger partial charge in [-0.15, -0.1) is 31.2 Å². The average Bonchev–Trinajstić information content (AvgIpc) is 1.07. The monoisotopic (exact) mass is 1290 g/mol. The zero-order valence-corrected chi connectivity index (χ0v) is 51.0.